The molecule has 0 radical (unpaired) electrons. The van der Waals surface area contributed by atoms with Crippen molar-refractivity contribution in [3.8, 4) is 16.6 Å². The van der Waals surface area contributed by atoms with Crippen LogP contribution in [0.3, 0.4) is 0 Å². The van der Waals surface area contributed by atoms with Gasteiger partial charge in [-0.25, -0.2) is 18.1 Å². The fraction of sp³-hybridized carbons (Fsp3) is 0.158. The van der Waals surface area contributed by atoms with Gasteiger partial charge in [0.1, 0.15) is 11.1 Å². The number of sulfonamides is 1. The average Bonchev–Trinajstić information content (AvgIpc) is 3.11. The fourth-order valence-electron chi connectivity index (χ4n) is 2.40. The number of aromatic nitrogens is 1. The second-order valence-corrected chi connectivity index (χ2v) is 8.94. The molecule has 1 N–H and O–H groups in total. The Kier molecular flexibility index (Phi) is 5.92. The molecule has 3 rings (SSSR count). The summed E-state index contributed by atoms with van der Waals surface area (Å²) in [5.41, 5.74) is 3.18. The molecule has 27 heavy (non-hydrogen) atoms. The van der Waals surface area contributed by atoms with Crippen molar-refractivity contribution in [2.45, 2.75) is 18.2 Å². The fourth-order valence-corrected chi connectivity index (χ4v) is 4.48. The normalized spacial score (nSPS) is 11.3. The first-order valence-electron chi connectivity index (χ1n) is 8.10. The first-order chi connectivity index (χ1) is 12.9. The summed E-state index contributed by atoms with van der Waals surface area (Å²) in [4.78, 5) is 4.58. The minimum atomic E-state index is -3.71. The van der Waals surface area contributed by atoms with E-state index >= 15 is 0 Å². The summed E-state index contributed by atoms with van der Waals surface area (Å²) in [6.07, 6.45) is 0.473. The van der Waals surface area contributed by atoms with E-state index in [-0.39, 0.29) is 22.0 Å². The zero-order chi connectivity index (χ0) is 19.4. The number of rotatable bonds is 6. The van der Waals surface area contributed by atoms with E-state index in [0.29, 0.717) is 6.42 Å². The lowest BCUT2D eigenvalue weighted by Gasteiger charge is -2.07. The van der Waals surface area contributed by atoms with E-state index in [1.807, 2.05) is 42.6 Å². The van der Waals surface area contributed by atoms with E-state index in [9.17, 15) is 8.42 Å². The third kappa shape index (κ3) is 4.73. The maximum Gasteiger partial charge on any atom is 0.240 e. The molecule has 0 unspecified atom stereocenters. The summed E-state index contributed by atoms with van der Waals surface area (Å²) in [5, 5.41) is 12.0. The number of nitriles is 1. The molecule has 3 aromatic rings. The van der Waals surface area contributed by atoms with E-state index in [1.165, 1.54) is 35.1 Å². The standard InChI is InChI=1S/C19H16ClN3O2S2/c1-13-2-4-14(5-3-13)19-23-16(12-26-19)8-9-22-27(24,25)17-6-7-18(20)15(10-17)11-21/h2-7,10,12,22H,8-9H2,1H3. The summed E-state index contributed by atoms with van der Waals surface area (Å²) in [6, 6.07) is 14.0. The molecule has 0 saturated carbocycles. The Morgan fingerprint density at radius 3 is 2.67 bits per heavy atom. The number of aryl methyl sites for hydroxylation is 1. The van der Waals surface area contributed by atoms with Gasteiger partial charge in [0.15, 0.2) is 0 Å². The Balaban J connectivity index is 1.64. The van der Waals surface area contributed by atoms with Crippen molar-refractivity contribution < 1.29 is 8.42 Å². The maximum absolute atomic E-state index is 12.4. The van der Waals surface area contributed by atoms with Crippen molar-refractivity contribution >= 4 is 33.0 Å². The van der Waals surface area contributed by atoms with Crippen LogP contribution in [0.2, 0.25) is 5.02 Å². The second-order valence-electron chi connectivity index (χ2n) is 5.91. The van der Waals surface area contributed by atoms with Gasteiger partial charge < -0.3 is 0 Å². The lowest BCUT2D eigenvalue weighted by molar-refractivity contribution is 0.581. The van der Waals surface area contributed by atoms with Gasteiger partial charge in [-0.3, -0.25) is 0 Å². The Morgan fingerprint density at radius 1 is 1.22 bits per heavy atom. The Morgan fingerprint density at radius 2 is 1.96 bits per heavy atom. The van der Waals surface area contributed by atoms with Crippen LogP contribution in [-0.4, -0.2) is 19.9 Å². The van der Waals surface area contributed by atoms with Gasteiger partial charge in [-0.15, -0.1) is 11.3 Å². The molecule has 8 heteroatoms. The third-order valence-electron chi connectivity index (χ3n) is 3.89. The van der Waals surface area contributed by atoms with Gasteiger partial charge in [0.05, 0.1) is 21.2 Å². The predicted molar refractivity (Wildman–Crippen MR) is 107 cm³/mol. The van der Waals surface area contributed by atoms with Crippen LogP contribution >= 0.6 is 22.9 Å². The molecular weight excluding hydrogens is 402 g/mol. The van der Waals surface area contributed by atoms with Crippen LogP contribution in [-0.2, 0) is 16.4 Å². The SMILES string of the molecule is Cc1ccc(-c2nc(CCNS(=O)(=O)c3ccc(Cl)c(C#N)c3)cs2)cc1. The number of hydrogen-bond acceptors (Lipinski definition) is 5. The highest BCUT2D eigenvalue weighted by Crippen LogP contribution is 2.24. The summed E-state index contributed by atoms with van der Waals surface area (Å²) in [6.45, 7) is 2.24. The van der Waals surface area contributed by atoms with E-state index in [1.54, 1.807) is 0 Å². The molecule has 0 bridgehead atoms. The number of nitrogens with one attached hydrogen (secondary N) is 1. The van der Waals surface area contributed by atoms with Crippen molar-refractivity contribution in [1.29, 1.82) is 5.26 Å². The third-order valence-corrected chi connectivity index (χ3v) is 6.62. The maximum atomic E-state index is 12.4. The molecule has 2 aromatic carbocycles. The molecule has 0 saturated heterocycles. The second kappa shape index (κ2) is 8.19. The summed E-state index contributed by atoms with van der Waals surface area (Å²) >= 11 is 7.38. The van der Waals surface area contributed by atoms with Crippen molar-refractivity contribution in [2.75, 3.05) is 6.54 Å². The molecule has 138 valence electrons. The van der Waals surface area contributed by atoms with Crippen LogP contribution in [0.4, 0.5) is 0 Å². The number of nitrogens with zero attached hydrogens (tertiary/aromatic N) is 2. The Hall–Kier alpha value is -2.24. The van der Waals surface area contributed by atoms with Crippen LogP contribution in [0.25, 0.3) is 10.6 Å². The minimum Gasteiger partial charge on any atom is -0.241 e. The summed E-state index contributed by atoms with van der Waals surface area (Å²) < 4.78 is 27.3. The van der Waals surface area contributed by atoms with E-state index < -0.39 is 10.0 Å². The largest absolute Gasteiger partial charge is 0.241 e. The Labute approximate surface area is 167 Å². The molecular formula is C19H16ClN3O2S2. The lowest BCUT2D eigenvalue weighted by Crippen LogP contribution is -2.26. The highest BCUT2D eigenvalue weighted by Gasteiger charge is 2.16. The molecule has 0 aliphatic heterocycles. The monoisotopic (exact) mass is 417 g/mol. The number of benzene rings is 2. The van der Waals surface area contributed by atoms with Gasteiger partial charge in [0.25, 0.3) is 0 Å². The van der Waals surface area contributed by atoms with E-state index in [4.69, 9.17) is 16.9 Å². The first-order valence-corrected chi connectivity index (χ1v) is 10.8. The average molecular weight is 418 g/mol. The van der Waals surface area contributed by atoms with Crippen molar-refractivity contribution in [3.63, 3.8) is 0 Å². The molecule has 5 nitrogen and oxygen atoms in total. The molecule has 0 atom stereocenters. The lowest BCUT2D eigenvalue weighted by atomic mass is 10.2. The van der Waals surface area contributed by atoms with Crippen molar-refractivity contribution in [3.05, 3.63) is 69.7 Å². The van der Waals surface area contributed by atoms with Crippen molar-refractivity contribution in [1.82, 2.24) is 9.71 Å². The predicted octanol–water partition coefficient (Wildman–Crippen LogP) is 4.16. The summed E-state index contributed by atoms with van der Waals surface area (Å²) in [7, 11) is -3.71. The van der Waals surface area contributed by atoms with Crippen LogP contribution in [0.1, 0.15) is 16.8 Å². The van der Waals surface area contributed by atoms with Gasteiger partial charge in [0, 0.05) is 23.9 Å². The zero-order valence-electron chi connectivity index (χ0n) is 14.4. The highest BCUT2D eigenvalue weighted by molar-refractivity contribution is 7.89. The first kappa shape index (κ1) is 19.5. The molecule has 0 amide bonds. The van der Waals surface area contributed by atoms with E-state index in [2.05, 4.69) is 9.71 Å². The number of thiazole rings is 1. The van der Waals surface area contributed by atoms with Gasteiger partial charge in [-0.05, 0) is 25.1 Å². The van der Waals surface area contributed by atoms with E-state index in [0.717, 1.165) is 16.3 Å². The quantitative estimate of drug-likeness (QED) is 0.652. The van der Waals surface area contributed by atoms with Crippen LogP contribution in [0.5, 0.6) is 0 Å². The Bertz CT molecular complexity index is 1100. The van der Waals surface area contributed by atoms with Crippen LogP contribution < -0.4 is 4.72 Å². The van der Waals surface area contributed by atoms with Gasteiger partial charge in [-0.1, -0.05) is 41.4 Å². The van der Waals surface area contributed by atoms with Crippen LogP contribution in [0.15, 0.2) is 52.7 Å². The molecule has 0 spiro atoms. The number of hydrogen-bond donors (Lipinski definition) is 1. The topological polar surface area (TPSA) is 82.8 Å². The molecule has 0 aliphatic rings. The number of halogens is 1. The van der Waals surface area contributed by atoms with Crippen LogP contribution in [0, 0.1) is 18.3 Å². The molecule has 0 fully saturated rings. The highest BCUT2D eigenvalue weighted by atomic mass is 35.5. The zero-order valence-corrected chi connectivity index (χ0v) is 16.8. The van der Waals surface area contributed by atoms with Crippen molar-refractivity contribution in [2.24, 2.45) is 0 Å². The molecule has 0 aliphatic carbocycles. The smallest absolute Gasteiger partial charge is 0.240 e. The molecule has 1 aromatic heterocycles. The molecule has 1 heterocycles. The van der Waals surface area contributed by atoms with Gasteiger partial charge in [-0.2, -0.15) is 5.26 Å². The minimum absolute atomic E-state index is 0.0158. The van der Waals surface area contributed by atoms with Gasteiger partial charge in [0.2, 0.25) is 10.0 Å². The summed E-state index contributed by atoms with van der Waals surface area (Å²) in [5.74, 6) is 0. The van der Waals surface area contributed by atoms with Gasteiger partial charge >= 0.3 is 0 Å².